The Balaban J connectivity index is 2.96. The number of hydrogen-bond acceptors (Lipinski definition) is 3. The minimum Gasteiger partial charge on any atom is -0.158 e. The highest BCUT2D eigenvalue weighted by atomic mass is 19.1. The van der Waals surface area contributed by atoms with Crippen LogP contribution >= 0.6 is 0 Å². The first-order valence-corrected chi connectivity index (χ1v) is 2.96. The fraction of sp³-hybridized carbons (Fsp3) is 0.800. The van der Waals surface area contributed by atoms with E-state index in [0.717, 1.165) is 0 Å². The van der Waals surface area contributed by atoms with Crippen LogP contribution in [-0.2, 0) is 5.54 Å². The van der Waals surface area contributed by atoms with Crippen molar-refractivity contribution in [3.05, 3.63) is 6.08 Å². The molecule has 56 valence electrons. The molecule has 0 aliphatic rings. The van der Waals surface area contributed by atoms with Gasteiger partial charge in [0.2, 0.25) is 0 Å². The summed E-state index contributed by atoms with van der Waals surface area (Å²) in [7, 11) is 0. The van der Waals surface area contributed by atoms with Crippen LogP contribution in [0.3, 0.4) is 0 Å². The molecule has 0 radical (unpaired) electrons. The van der Waals surface area contributed by atoms with Gasteiger partial charge in [0.05, 0.1) is 5.54 Å². The van der Waals surface area contributed by atoms with Gasteiger partial charge in [0.15, 0.2) is 0 Å². The maximum Gasteiger partial charge on any atom is 0.347 e. The average Bonchev–Trinajstić information content (AvgIpc) is 2.11. The second-order valence-electron chi connectivity index (χ2n) is 3.02. The van der Waals surface area contributed by atoms with Gasteiger partial charge in [-0.15, -0.1) is 5.10 Å². The van der Waals surface area contributed by atoms with Crippen molar-refractivity contribution in [1.29, 1.82) is 0 Å². The van der Waals surface area contributed by atoms with E-state index in [0.29, 0.717) is 0 Å². The lowest BCUT2D eigenvalue weighted by Crippen LogP contribution is -2.24. The number of halogens is 1. The second kappa shape index (κ2) is 2.00. The Hall–Kier alpha value is -1.00. The first-order valence-electron chi connectivity index (χ1n) is 2.96. The Kier molecular flexibility index (Phi) is 1.42. The molecule has 0 unspecified atom stereocenters. The van der Waals surface area contributed by atoms with E-state index in [1.807, 2.05) is 20.8 Å². The van der Waals surface area contributed by atoms with Crippen LogP contribution in [0.1, 0.15) is 20.8 Å². The van der Waals surface area contributed by atoms with Gasteiger partial charge in [-0.25, -0.2) is 0 Å². The molecule has 5 heteroatoms. The van der Waals surface area contributed by atoms with Crippen LogP contribution in [0.2, 0.25) is 0 Å². The third-order valence-electron chi connectivity index (χ3n) is 0.989. The third-order valence-corrected chi connectivity index (χ3v) is 0.989. The molecule has 0 atom stereocenters. The molecule has 1 rings (SSSR count). The van der Waals surface area contributed by atoms with Gasteiger partial charge in [-0.1, -0.05) is 5.10 Å². The molecule has 1 aromatic rings. The molecule has 0 saturated heterocycles. The van der Waals surface area contributed by atoms with Gasteiger partial charge in [0.1, 0.15) is 0 Å². The second-order valence-corrected chi connectivity index (χ2v) is 3.02. The zero-order valence-corrected chi connectivity index (χ0v) is 6.17. The average molecular weight is 144 g/mol. The van der Waals surface area contributed by atoms with E-state index in [4.69, 9.17) is 0 Å². The van der Waals surface area contributed by atoms with Crippen molar-refractivity contribution in [2.75, 3.05) is 0 Å². The van der Waals surface area contributed by atoms with Gasteiger partial charge in [-0.05, 0) is 26.0 Å². The van der Waals surface area contributed by atoms with Crippen molar-refractivity contribution >= 4 is 0 Å². The van der Waals surface area contributed by atoms with E-state index >= 15 is 0 Å². The van der Waals surface area contributed by atoms with Crippen LogP contribution in [0.4, 0.5) is 4.39 Å². The monoisotopic (exact) mass is 144 g/mol. The lowest BCUT2D eigenvalue weighted by Gasteiger charge is -2.14. The fourth-order valence-corrected chi connectivity index (χ4v) is 0.482. The lowest BCUT2D eigenvalue weighted by atomic mass is 10.1. The van der Waals surface area contributed by atoms with Gasteiger partial charge < -0.3 is 0 Å². The Labute approximate surface area is 58.0 Å². The van der Waals surface area contributed by atoms with Crippen molar-refractivity contribution < 1.29 is 4.39 Å². The minimum absolute atomic E-state index is 0.294. The third kappa shape index (κ3) is 1.29. The van der Waals surface area contributed by atoms with E-state index in [1.165, 1.54) is 4.80 Å². The number of rotatable bonds is 0. The summed E-state index contributed by atoms with van der Waals surface area (Å²) in [5.74, 6) is 0. The van der Waals surface area contributed by atoms with E-state index in [2.05, 4.69) is 15.4 Å². The van der Waals surface area contributed by atoms with Crippen molar-refractivity contribution in [2.24, 2.45) is 0 Å². The Morgan fingerprint density at radius 3 is 2.20 bits per heavy atom. The van der Waals surface area contributed by atoms with Crippen LogP contribution < -0.4 is 0 Å². The quantitative estimate of drug-likeness (QED) is 0.534. The summed E-state index contributed by atoms with van der Waals surface area (Å²) < 4.78 is 12.2. The van der Waals surface area contributed by atoms with Crippen molar-refractivity contribution in [3.63, 3.8) is 0 Å². The van der Waals surface area contributed by atoms with Crippen LogP contribution in [0.25, 0.3) is 0 Å². The summed E-state index contributed by atoms with van der Waals surface area (Å²) in [6, 6.07) is 0. The zero-order valence-electron chi connectivity index (χ0n) is 6.17. The van der Waals surface area contributed by atoms with Crippen LogP contribution in [0.15, 0.2) is 0 Å². The summed E-state index contributed by atoms with van der Waals surface area (Å²) in [6.07, 6.45) is -0.782. The smallest absolute Gasteiger partial charge is 0.158 e. The highest BCUT2D eigenvalue weighted by Crippen LogP contribution is 2.08. The maximum atomic E-state index is 12.2. The number of hydrogen-bond donors (Lipinski definition) is 0. The molecule has 1 aromatic heterocycles. The van der Waals surface area contributed by atoms with E-state index in [9.17, 15) is 4.39 Å². The summed E-state index contributed by atoms with van der Waals surface area (Å²) in [6.45, 7) is 5.61. The molecule has 4 nitrogen and oxygen atoms in total. The normalized spacial score (nSPS) is 12.0. The summed E-state index contributed by atoms with van der Waals surface area (Å²) in [4.78, 5) is 1.24. The predicted molar refractivity (Wildman–Crippen MR) is 32.8 cm³/mol. The largest absolute Gasteiger partial charge is 0.347 e. The molecule has 0 N–H and O–H groups in total. The fourth-order valence-electron chi connectivity index (χ4n) is 0.482. The molecule has 0 saturated carbocycles. The van der Waals surface area contributed by atoms with E-state index in [1.54, 1.807) is 0 Å². The minimum atomic E-state index is -0.782. The van der Waals surface area contributed by atoms with E-state index in [-0.39, 0.29) is 5.54 Å². The maximum absolute atomic E-state index is 12.2. The molecule has 0 spiro atoms. The summed E-state index contributed by atoms with van der Waals surface area (Å²) in [5, 5.41) is 10.00. The van der Waals surface area contributed by atoms with Crippen LogP contribution in [0.5, 0.6) is 0 Å². The van der Waals surface area contributed by atoms with Gasteiger partial charge in [0, 0.05) is 0 Å². The van der Waals surface area contributed by atoms with Gasteiger partial charge in [0.25, 0.3) is 0 Å². The van der Waals surface area contributed by atoms with E-state index < -0.39 is 6.08 Å². The number of tetrazole rings is 1. The zero-order chi connectivity index (χ0) is 7.78. The predicted octanol–water partition coefficient (Wildman–Crippen LogP) is 0.567. The van der Waals surface area contributed by atoms with Crippen molar-refractivity contribution in [3.8, 4) is 0 Å². The summed E-state index contributed by atoms with van der Waals surface area (Å²) in [5.41, 5.74) is -0.294. The molecule has 0 fully saturated rings. The molecular weight excluding hydrogens is 135 g/mol. The Morgan fingerprint density at radius 1 is 1.40 bits per heavy atom. The van der Waals surface area contributed by atoms with Crippen LogP contribution in [-0.4, -0.2) is 20.2 Å². The Bertz CT molecular complexity index is 224. The summed E-state index contributed by atoms with van der Waals surface area (Å²) >= 11 is 0. The molecule has 0 bridgehead atoms. The lowest BCUT2D eigenvalue weighted by molar-refractivity contribution is 0.301. The molecule has 10 heavy (non-hydrogen) atoms. The van der Waals surface area contributed by atoms with Crippen molar-refractivity contribution in [1.82, 2.24) is 20.2 Å². The highest BCUT2D eigenvalue weighted by Gasteiger charge is 2.16. The standard InChI is InChI=1S/C5H9FN4/c1-5(2,3)10-8-4(6)7-9-10/h1-3H3. The van der Waals surface area contributed by atoms with Gasteiger partial charge in [-0.3, -0.25) is 0 Å². The van der Waals surface area contributed by atoms with Gasteiger partial charge >= 0.3 is 6.08 Å². The number of aromatic nitrogens is 4. The SMILES string of the molecule is CC(C)(C)n1nnc(F)n1. The van der Waals surface area contributed by atoms with Gasteiger partial charge in [-0.2, -0.15) is 9.19 Å². The molecular formula is C5H9FN4. The molecule has 1 heterocycles. The first kappa shape index (κ1) is 7.11. The number of nitrogens with zero attached hydrogens (tertiary/aromatic N) is 4. The molecule has 0 aliphatic carbocycles. The molecule has 0 aromatic carbocycles. The topological polar surface area (TPSA) is 43.6 Å². The Morgan fingerprint density at radius 2 is 2.00 bits per heavy atom. The molecule has 0 amide bonds. The first-order chi connectivity index (χ1) is 4.50. The highest BCUT2D eigenvalue weighted by molar-refractivity contribution is 4.63. The van der Waals surface area contributed by atoms with Crippen molar-refractivity contribution in [2.45, 2.75) is 26.3 Å². The molecule has 0 aliphatic heterocycles. The van der Waals surface area contributed by atoms with Crippen LogP contribution in [0, 0.1) is 6.08 Å².